The van der Waals surface area contributed by atoms with E-state index in [-0.39, 0.29) is 46.2 Å². The largest absolute Gasteiger partial charge is 0.417 e. The molecule has 1 aliphatic carbocycles. The Labute approximate surface area is 263 Å². The smallest absolute Gasteiger partial charge is 0.369 e. The fourth-order valence-corrected chi connectivity index (χ4v) is 6.32. The zero-order chi connectivity index (χ0) is 33.3. The molecule has 2 unspecified atom stereocenters. The highest BCUT2D eigenvalue weighted by Gasteiger charge is 2.36. The third kappa shape index (κ3) is 7.20. The monoisotopic (exact) mass is 647 g/mol. The highest BCUT2D eigenvalue weighted by atomic mass is 19.4. The molecule has 1 amide bonds. The molecule has 0 spiro atoms. The summed E-state index contributed by atoms with van der Waals surface area (Å²) in [5, 5.41) is 16.6. The molecular weight excluding hydrogens is 609 g/mol. The van der Waals surface area contributed by atoms with Crippen molar-refractivity contribution >= 4 is 17.3 Å². The van der Waals surface area contributed by atoms with Crippen LogP contribution in [0.2, 0.25) is 0 Å². The number of carbonyl (C=O) groups excluding carboxylic acids is 1. The molecule has 13 heteroatoms. The number of hydrogen-bond donors (Lipinski definition) is 4. The van der Waals surface area contributed by atoms with E-state index in [0.29, 0.717) is 19.2 Å². The molecule has 1 saturated carbocycles. The van der Waals surface area contributed by atoms with Crippen LogP contribution in [0.25, 0.3) is 11.1 Å². The lowest BCUT2D eigenvalue weighted by molar-refractivity contribution is -0.139. The van der Waals surface area contributed by atoms with Crippen molar-refractivity contribution in [2.45, 2.75) is 76.5 Å². The summed E-state index contributed by atoms with van der Waals surface area (Å²) in [6, 6.07) is 6.63. The molecule has 8 nitrogen and oxygen atoms in total. The van der Waals surface area contributed by atoms with Crippen LogP contribution in [-0.2, 0) is 6.18 Å². The van der Waals surface area contributed by atoms with Gasteiger partial charge in [-0.1, -0.05) is 25.3 Å². The normalized spacial score (nSPS) is 20.4. The van der Waals surface area contributed by atoms with Crippen LogP contribution in [0, 0.1) is 11.6 Å². The van der Waals surface area contributed by atoms with E-state index in [0.717, 1.165) is 44.4 Å². The minimum atomic E-state index is -4.94. The van der Waals surface area contributed by atoms with Gasteiger partial charge in [0.05, 0.1) is 22.5 Å². The summed E-state index contributed by atoms with van der Waals surface area (Å²) in [5.41, 5.74) is -2.77. The van der Waals surface area contributed by atoms with Crippen molar-refractivity contribution in [1.29, 1.82) is 0 Å². The van der Waals surface area contributed by atoms with Gasteiger partial charge in [0.1, 0.15) is 11.6 Å². The Morgan fingerprint density at radius 3 is 2.30 bits per heavy atom. The number of halogens is 5. The average Bonchev–Trinajstić information content (AvgIpc) is 3.00. The summed E-state index contributed by atoms with van der Waals surface area (Å²) in [6.45, 7) is 4.88. The molecule has 1 aliphatic heterocycles. The predicted octanol–water partition coefficient (Wildman–Crippen LogP) is 6.03. The number of alkyl halides is 3. The summed E-state index contributed by atoms with van der Waals surface area (Å²) >= 11 is 0. The molecular formula is C33H38F5N5O3. The van der Waals surface area contributed by atoms with Crippen molar-refractivity contribution < 1.29 is 31.9 Å². The number of amides is 1. The molecule has 1 aromatic heterocycles. The molecule has 3 atom stereocenters. The molecule has 2 aliphatic rings. The summed E-state index contributed by atoms with van der Waals surface area (Å²) < 4.78 is 72.5. The van der Waals surface area contributed by atoms with E-state index in [2.05, 4.69) is 20.5 Å². The summed E-state index contributed by atoms with van der Waals surface area (Å²) in [7, 11) is 1.96. The van der Waals surface area contributed by atoms with Gasteiger partial charge in [0.2, 0.25) is 5.56 Å². The number of likely N-dealkylation sites (N-methyl/N-ethyl adjacent to an activating group) is 1. The molecule has 0 bridgehead atoms. The average molecular weight is 648 g/mol. The first kappa shape index (κ1) is 33.4. The minimum Gasteiger partial charge on any atom is -0.369 e. The van der Waals surface area contributed by atoms with Crippen molar-refractivity contribution in [3.05, 3.63) is 81.3 Å². The van der Waals surface area contributed by atoms with E-state index in [9.17, 15) is 27.9 Å². The third-order valence-corrected chi connectivity index (χ3v) is 9.10. The molecule has 2 fully saturated rings. The number of hydrogen-bond acceptors (Lipinski definition) is 6. The van der Waals surface area contributed by atoms with E-state index in [1.807, 2.05) is 25.8 Å². The maximum absolute atomic E-state index is 15.8. The van der Waals surface area contributed by atoms with Crippen LogP contribution in [-0.4, -0.2) is 59.2 Å². The van der Waals surface area contributed by atoms with Gasteiger partial charge in [0, 0.05) is 54.6 Å². The number of aliphatic hydroxyl groups is 1. The van der Waals surface area contributed by atoms with Gasteiger partial charge in [0.15, 0.2) is 6.23 Å². The number of carbonyl (C=O) groups is 1. The number of nitrogens with one attached hydrogen (secondary N) is 3. The van der Waals surface area contributed by atoms with E-state index in [1.54, 1.807) is 0 Å². The molecule has 4 N–H and O–H groups in total. The van der Waals surface area contributed by atoms with Gasteiger partial charge in [-0.3, -0.25) is 14.5 Å². The third-order valence-electron chi connectivity index (χ3n) is 9.10. The quantitative estimate of drug-likeness (QED) is 0.185. The molecule has 2 aromatic carbocycles. The van der Waals surface area contributed by atoms with Gasteiger partial charge < -0.3 is 25.6 Å². The van der Waals surface area contributed by atoms with E-state index in [4.69, 9.17) is 0 Å². The number of pyridine rings is 1. The fourth-order valence-electron chi connectivity index (χ4n) is 6.32. The Morgan fingerprint density at radius 2 is 1.67 bits per heavy atom. The molecule has 46 heavy (non-hydrogen) atoms. The van der Waals surface area contributed by atoms with Crippen LogP contribution in [0.1, 0.15) is 73.7 Å². The number of rotatable bonds is 7. The van der Waals surface area contributed by atoms with E-state index >= 15 is 8.78 Å². The molecule has 248 valence electrons. The molecule has 2 heterocycles. The lowest BCUT2D eigenvalue weighted by Crippen LogP contribution is -2.55. The second kappa shape index (κ2) is 13.4. The number of aromatic nitrogens is 1. The van der Waals surface area contributed by atoms with Crippen molar-refractivity contribution in [3.8, 4) is 11.1 Å². The summed E-state index contributed by atoms with van der Waals surface area (Å²) in [6.07, 6.45) is -1.42. The molecule has 1 saturated heterocycles. The lowest BCUT2D eigenvalue weighted by Gasteiger charge is -2.44. The van der Waals surface area contributed by atoms with Crippen molar-refractivity contribution in [2.75, 3.05) is 30.4 Å². The zero-order valence-electron chi connectivity index (χ0n) is 25.8. The zero-order valence-corrected chi connectivity index (χ0v) is 25.8. The highest BCUT2D eigenvalue weighted by molar-refractivity contribution is 5.95. The van der Waals surface area contributed by atoms with Crippen molar-refractivity contribution in [3.63, 3.8) is 0 Å². The van der Waals surface area contributed by atoms with Crippen LogP contribution in [0.4, 0.5) is 33.3 Å². The fraction of sp³-hybridized carbons (Fsp3) is 0.455. The number of nitrogens with zero attached hydrogens (tertiary/aromatic N) is 2. The summed E-state index contributed by atoms with van der Waals surface area (Å²) in [4.78, 5) is 30.7. The van der Waals surface area contributed by atoms with Crippen LogP contribution in [0.3, 0.4) is 0 Å². The second-order valence-electron chi connectivity index (χ2n) is 12.3. The lowest BCUT2D eigenvalue weighted by atomic mass is 9.95. The van der Waals surface area contributed by atoms with Crippen LogP contribution >= 0.6 is 0 Å². The van der Waals surface area contributed by atoms with E-state index < -0.39 is 46.6 Å². The number of piperazine rings is 1. The predicted molar refractivity (Wildman–Crippen MR) is 166 cm³/mol. The van der Waals surface area contributed by atoms with Gasteiger partial charge in [-0.05, 0) is 63.6 Å². The maximum atomic E-state index is 15.8. The number of benzene rings is 2. The van der Waals surface area contributed by atoms with Gasteiger partial charge in [0.25, 0.3) is 5.91 Å². The van der Waals surface area contributed by atoms with Crippen molar-refractivity contribution in [1.82, 2.24) is 15.2 Å². The summed E-state index contributed by atoms with van der Waals surface area (Å²) in [5.74, 6) is -2.14. The topological polar surface area (TPSA) is 101 Å². The minimum absolute atomic E-state index is 0.0364. The number of anilines is 2. The first-order valence-electron chi connectivity index (χ1n) is 15.4. The van der Waals surface area contributed by atoms with Crippen LogP contribution in [0.5, 0.6) is 0 Å². The maximum Gasteiger partial charge on any atom is 0.417 e. The Bertz CT molecular complexity index is 1630. The molecule has 3 aromatic rings. The van der Waals surface area contributed by atoms with Crippen LogP contribution < -0.4 is 21.1 Å². The van der Waals surface area contributed by atoms with Crippen molar-refractivity contribution in [2.24, 2.45) is 0 Å². The SMILES string of the molecule is CC1CN(c2cc(F)c(-c3ccc(C(=O)NC4CCCCC4)c(F)c3)cc2NC(O)c2c[nH]c(=O)cc2C(F)(F)F)C[C@@H](C)N1C. The van der Waals surface area contributed by atoms with Gasteiger partial charge in [-0.25, -0.2) is 8.78 Å². The number of aromatic amines is 1. The van der Waals surface area contributed by atoms with Crippen LogP contribution in [0.15, 0.2) is 47.4 Å². The highest BCUT2D eigenvalue weighted by Crippen LogP contribution is 2.39. The van der Waals surface area contributed by atoms with E-state index in [1.165, 1.54) is 24.3 Å². The number of H-pyrrole nitrogens is 1. The number of aliphatic hydroxyl groups excluding tert-OH is 1. The molecule has 0 radical (unpaired) electrons. The molecule has 5 rings (SSSR count). The van der Waals surface area contributed by atoms with Gasteiger partial charge in [-0.15, -0.1) is 0 Å². The first-order valence-corrected chi connectivity index (χ1v) is 15.4. The Hall–Kier alpha value is -3.97. The van der Waals surface area contributed by atoms with Gasteiger partial charge >= 0.3 is 6.18 Å². The Kier molecular flexibility index (Phi) is 9.73. The standard InChI is InChI=1S/C33H38F5N5O3/c1-18-16-43(17-19(2)42(18)3)29-14-27(35)23(12-28(29)41-32(46)24-15-39-30(44)13-25(24)33(36,37)38)20-9-10-22(26(34)11-20)31(45)40-21-7-5-4-6-8-21/h9-15,18-19,21,32,41,46H,4-8,16-17H2,1-3H3,(H,39,44)(H,40,45)/t18-,19?,32?/m1/s1. The first-order chi connectivity index (χ1) is 21.7. The Balaban J connectivity index is 1.52. The Morgan fingerprint density at radius 1 is 1.00 bits per heavy atom. The second-order valence-corrected chi connectivity index (χ2v) is 12.3. The van der Waals surface area contributed by atoms with Gasteiger partial charge in [-0.2, -0.15) is 13.2 Å².